The summed E-state index contributed by atoms with van der Waals surface area (Å²) >= 11 is 0. The van der Waals surface area contributed by atoms with Gasteiger partial charge in [-0.2, -0.15) is 0 Å². The van der Waals surface area contributed by atoms with Crippen molar-refractivity contribution in [3.63, 3.8) is 0 Å². The molecule has 0 amide bonds. The second kappa shape index (κ2) is 5.70. The number of aryl methyl sites for hydroxylation is 1. The van der Waals surface area contributed by atoms with Crippen molar-refractivity contribution in [2.45, 2.75) is 18.9 Å². The molecule has 0 aromatic carbocycles. The van der Waals surface area contributed by atoms with Crippen LogP contribution in [0.2, 0.25) is 0 Å². The highest BCUT2D eigenvalue weighted by atomic mass is 16.5. The number of aliphatic carboxylic acids is 1. The number of carboxylic acid groups (broad SMARTS) is 2. The Bertz CT molecular complexity index is 649. The number of ether oxygens (including phenoxy) is 1. The lowest BCUT2D eigenvalue weighted by Gasteiger charge is -2.11. The number of nitrogens with zero attached hydrogens (tertiary/aromatic N) is 2. The first-order valence-electron chi connectivity index (χ1n) is 5.99. The van der Waals surface area contributed by atoms with Crippen LogP contribution in [0.5, 0.6) is 0 Å². The number of imidazole rings is 1. The zero-order chi connectivity index (χ0) is 14.7. The monoisotopic (exact) mass is 278 g/mol. The number of rotatable bonds is 6. The van der Waals surface area contributed by atoms with Crippen molar-refractivity contribution >= 4 is 17.6 Å². The number of fused-ring (bicyclic) bond motifs is 1. The van der Waals surface area contributed by atoms with E-state index in [1.54, 1.807) is 22.6 Å². The largest absolute Gasteiger partial charge is 0.479 e. The Morgan fingerprint density at radius 1 is 1.40 bits per heavy atom. The fourth-order valence-corrected chi connectivity index (χ4v) is 2.00. The van der Waals surface area contributed by atoms with Crippen LogP contribution in [-0.2, 0) is 16.0 Å². The zero-order valence-corrected chi connectivity index (χ0v) is 10.8. The average Bonchev–Trinajstić information content (AvgIpc) is 2.84. The Morgan fingerprint density at radius 3 is 2.75 bits per heavy atom. The van der Waals surface area contributed by atoms with E-state index >= 15 is 0 Å². The Kier molecular flexibility index (Phi) is 3.99. The summed E-state index contributed by atoms with van der Waals surface area (Å²) in [6.45, 7) is 0. The summed E-state index contributed by atoms with van der Waals surface area (Å²) in [5.41, 5.74) is 1.26. The van der Waals surface area contributed by atoms with Gasteiger partial charge in [-0.25, -0.2) is 14.6 Å². The van der Waals surface area contributed by atoms with Gasteiger partial charge in [-0.3, -0.25) is 0 Å². The Balaban J connectivity index is 2.25. The number of aromatic nitrogens is 2. The summed E-state index contributed by atoms with van der Waals surface area (Å²) in [6.07, 6.45) is 1.28. The van der Waals surface area contributed by atoms with Gasteiger partial charge in [-0.1, -0.05) is 6.07 Å². The highest BCUT2D eigenvalue weighted by Gasteiger charge is 2.17. The number of methoxy groups -OCH3 is 1. The SMILES string of the molecule is COC(CCc1cccc2nc(C(=O)O)cn12)C(=O)O. The highest BCUT2D eigenvalue weighted by molar-refractivity contribution is 5.86. The van der Waals surface area contributed by atoms with Crippen LogP contribution in [0.1, 0.15) is 22.6 Å². The molecule has 0 saturated heterocycles. The molecule has 20 heavy (non-hydrogen) atoms. The van der Waals surface area contributed by atoms with E-state index in [9.17, 15) is 9.59 Å². The van der Waals surface area contributed by atoms with Crippen LogP contribution in [0, 0.1) is 0 Å². The Morgan fingerprint density at radius 2 is 2.15 bits per heavy atom. The van der Waals surface area contributed by atoms with E-state index in [2.05, 4.69) is 4.98 Å². The number of carbonyl (C=O) groups is 2. The van der Waals surface area contributed by atoms with Gasteiger partial charge in [0.1, 0.15) is 5.65 Å². The third kappa shape index (κ3) is 2.77. The molecule has 0 aliphatic rings. The highest BCUT2D eigenvalue weighted by Crippen LogP contribution is 2.12. The third-order valence-corrected chi connectivity index (χ3v) is 3.02. The first kappa shape index (κ1) is 14.0. The Labute approximate surface area is 114 Å². The van der Waals surface area contributed by atoms with Gasteiger partial charge in [0, 0.05) is 19.0 Å². The Hall–Kier alpha value is -2.41. The molecule has 1 unspecified atom stereocenters. The number of carboxylic acids is 2. The predicted molar refractivity (Wildman–Crippen MR) is 68.9 cm³/mol. The van der Waals surface area contributed by atoms with Gasteiger partial charge in [0.15, 0.2) is 11.8 Å². The summed E-state index contributed by atoms with van der Waals surface area (Å²) in [4.78, 5) is 25.8. The van der Waals surface area contributed by atoms with E-state index in [1.807, 2.05) is 0 Å². The van der Waals surface area contributed by atoms with Crippen LogP contribution in [0.25, 0.3) is 5.65 Å². The number of hydrogen-bond acceptors (Lipinski definition) is 4. The van der Waals surface area contributed by atoms with Crippen molar-refractivity contribution in [2.24, 2.45) is 0 Å². The summed E-state index contributed by atoms with van der Waals surface area (Å²) < 4.78 is 6.52. The topological polar surface area (TPSA) is 101 Å². The van der Waals surface area contributed by atoms with Gasteiger partial charge < -0.3 is 19.4 Å². The quantitative estimate of drug-likeness (QED) is 0.819. The van der Waals surface area contributed by atoms with Gasteiger partial charge >= 0.3 is 11.9 Å². The molecule has 0 spiro atoms. The fourth-order valence-electron chi connectivity index (χ4n) is 2.00. The van der Waals surface area contributed by atoms with Gasteiger partial charge in [0.05, 0.1) is 0 Å². The van der Waals surface area contributed by atoms with E-state index in [0.29, 0.717) is 18.5 Å². The minimum atomic E-state index is -1.10. The molecule has 7 heteroatoms. The molecule has 7 nitrogen and oxygen atoms in total. The first-order chi connectivity index (χ1) is 9.52. The maximum atomic E-state index is 10.9. The molecule has 2 aromatic rings. The summed E-state index contributed by atoms with van der Waals surface area (Å²) in [6, 6.07) is 5.25. The maximum Gasteiger partial charge on any atom is 0.356 e. The van der Waals surface area contributed by atoms with Gasteiger partial charge in [-0.05, 0) is 25.0 Å². The number of hydrogen-bond donors (Lipinski definition) is 2. The van der Waals surface area contributed by atoms with Gasteiger partial charge in [0.25, 0.3) is 0 Å². The summed E-state index contributed by atoms with van der Waals surface area (Å²) in [7, 11) is 1.35. The van der Waals surface area contributed by atoms with Crippen LogP contribution >= 0.6 is 0 Å². The molecule has 1 atom stereocenters. The minimum absolute atomic E-state index is 0.0426. The molecule has 0 saturated carbocycles. The molecule has 2 aromatic heterocycles. The molecule has 0 fully saturated rings. The minimum Gasteiger partial charge on any atom is -0.479 e. The van der Waals surface area contributed by atoms with Crippen molar-refractivity contribution in [3.05, 3.63) is 35.8 Å². The molecule has 2 N–H and O–H groups in total. The van der Waals surface area contributed by atoms with Crippen LogP contribution in [0.15, 0.2) is 24.4 Å². The molecule has 0 aliphatic carbocycles. The van der Waals surface area contributed by atoms with Crippen molar-refractivity contribution in [3.8, 4) is 0 Å². The van der Waals surface area contributed by atoms with E-state index < -0.39 is 18.0 Å². The lowest BCUT2D eigenvalue weighted by molar-refractivity contribution is -0.148. The van der Waals surface area contributed by atoms with Crippen LogP contribution in [-0.4, -0.2) is 44.8 Å². The van der Waals surface area contributed by atoms with Gasteiger partial charge in [0.2, 0.25) is 0 Å². The smallest absolute Gasteiger partial charge is 0.356 e. The zero-order valence-electron chi connectivity index (χ0n) is 10.8. The van der Waals surface area contributed by atoms with Crippen LogP contribution in [0.3, 0.4) is 0 Å². The molecular weight excluding hydrogens is 264 g/mol. The maximum absolute atomic E-state index is 10.9. The van der Waals surface area contributed by atoms with Crippen LogP contribution < -0.4 is 0 Å². The molecule has 0 bridgehead atoms. The second-order valence-electron chi connectivity index (χ2n) is 4.28. The second-order valence-corrected chi connectivity index (χ2v) is 4.28. The van der Waals surface area contributed by atoms with E-state index in [1.165, 1.54) is 13.3 Å². The molecule has 0 aliphatic heterocycles. The van der Waals surface area contributed by atoms with Crippen molar-refractivity contribution in [2.75, 3.05) is 7.11 Å². The molecular formula is C13H14N2O5. The molecule has 106 valence electrons. The molecule has 2 rings (SSSR count). The van der Waals surface area contributed by atoms with Gasteiger partial charge in [-0.15, -0.1) is 0 Å². The van der Waals surface area contributed by atoms with E-state index in [4.69, 9.17) is 14.9 Å². The lowest BCUT2D eigenvalue weighted by atomic mass is 10.1. The first-order valence-corrected chi connectivity index (χ1v) is 5.99. The molecule has 0 radical (unpaired) electrons. The molecule has 2 heterocycles. The van der Waals surface area contributed by atoms with Crippen molar-refractivity contribution in [1.82, 2.24) is 9.38 Å². The average molecular weight is 278 g/mol. The summed E-state index contributed by atoms with van der Waals surface area (Å²) in [5.74, 6) is -2.11. The third-order valence-electron chi connectivity index (χ3n) is 3.02. The normalized spacial score (nSPS) is 12.4. The van der Waals surface area contributed by atoms with Crippen molar-refractivity contribution < 1.29 is 24.5 Å². The summed E-state index contributed by atoms with van der Waals surface area (Å²) in [5, 5.41) is 17.9. The lowest BCUT2D eigenvalue weighted by Crippen LogP contribution is -2.23. The van der Waals surface area contributed by atoms with E-state index in [-0.39, 0.29) is 5.69 Å². The van der Waals surface area contributed by atoms with E-state index in [0.717, 1.165) is 5.69 Å². The fraction of sp³-hybridized carbons (Fsp3) is 0.308. The van der Waals surface area contributed by atoms with Crippen molar-refractivity contribution in [1.29, 1.82) is 0 Å². The number of pyridine rings is 1. The van der Waals surface area contributed by atoms with Crippen LogP contribution in [0.4, 0.5) is 0 Å². The number of aromatic carboxylic acids is 1. The standard InChI is InChI=1S/C13H14N2O5/c1-20-10(13(18)19)6-5-8-3-2-4-11-14-9(12(16)17)7-15(8)11/h2-4,7,10H,5-6H2,1H3,(H,16,17)(H,18,19). The predicted octanol–water partition coefficient (Wildman–Crippen LogP) is 1.06.